The molecule has 2 rings (SSSR count). The molecule has 0 radical (unpaired) electrons. The Morgan fingerprint density at radius 3 is 2.75 bits per heavy atom. The lowest BCUT2D eigenvalue weighted by atomic mass is 9.94. The summed E-state index contributed by atoms with van der Waals surface area (Å²) in [4.78, 5) is 11.4. The second kappa shape index (κ2) is 6.61. The maximum atomic E-state index is 13.2. The van der Waals surface area contributed by atoms with Crippen LogP contribution in [0.4, 0.5) is 4.39 Å². The second-order valence-electron chi connectivity index (χ2n) is 5.57. The minimum atomic E-state index is -0.349. The Morgan fingerprint density at radius 1 is 1.30 bits per heavy atom. The van der Waals surface area contributed by atoms with Gasteiger partial charge in [0, 0.05) is 18.2 Å². The third-order valence-corrected chi connectivity index (χ3v) is 3.26. The number of aromatic amines is 1. The summed E-state index contributed by atoms with van der Waals surface area (Å²) in [6.45, 7) is 5.03. The minimum Gasteiger partial charge on any atom is -0.342 e. The number of nitrogens with two attached hydrogens (primary N) is 1. The summed E-state index contributed by atoms with van der Waals surface area (Å²) in [6.07, 6.45) is 6.42. The van der Waals surface area contributed by atoms with E-state index in [1.165, 1.54) is 12.3 Å². The van der Waals surface area contributed by atoms with Crippen molar-refractivity contribution < 1.29 is 4.39 Å². The average molecular weight is 276 g/mol. The quantitative estimate of drug-likeness (QED) is 0.852. The van der Waals surface area contributed by atoms with E-state index in [4.69, 9.17) is 5.73 Å². The summed E-state index contributed by atoms with van der Waals surface area (Å²) in [5, 5.41) is 0. The second-order valence-corrected chi connectivity index (χ2v) is 5.57. The highest BCUT2D eigenvalue weighted by atomic mass is 19.1. The van der Waals surface area contributed by atoms with E-state index in [2.05, 4.69) is 28.8 Å². The Morgan fingerprint density at radius 2 is 2.10 bits per heavy atom. The van der Waals surface area contributed by atoms with Crippen LogP contribution in [0.3, 0.4) is 0 Å². The molecule has 3 N–H and O–H groups in total. The first-order chi connectivity index (χ1) is 9.58. The number of hydrogen-bond acceptors (Lipinski definition) is 3. The van der Waals surface area contributed by atoms with Crippen LogP contribution in [0.2, 0.25) is 0 Å². The number of aromatic nitrogens is 3. The van der Waals surface area contributed by atoms with Crippen molar-refractivity contribution in [3.8, 4) is 11.3 Å². The van der Waals surface area contributed by atoms with Gasteiger partial charge in [-0.1, -0.05) is 13.8 Å². The molecular weight excluding hydrogens is 255 g/mol. The van der Waals surface area contributed by atoms with E-state index in [-0.39, 0.29) is 5.82 Å². The monoisotopic (exact) mass is 276 g/mol. The van der Waals surface area contributed by atoms with Crippen LogP contribution < -0.4 is 5.73 Å². The summed E-state index contributed by atoms with van der Waals surface area (Å²) in [7, 11) is 0. The third kappa shape index (κ3) is 3.87. The Kier molecular flexibility index (Phi) is 4.84. The summed E-state index contributed by atoms with van der Waals surface area (Å²) in [6, 6.07) is 1.44. The first-order valence-corrected chi connectivity index (χ1v) is 6.93. The number of nitrogens with zero attached hydrogens (tertiary/aromatic N) is 2. The fraction of sp³-hybridized carbons (Fsp3) is 0.467. The number of nitrogens with one attached hydrogen (secondary N) is 1. The Labute approximate surface area is 118 Å². The zero-order valence-electron chi connectivity index (χ0n) is 11.9. The van der Waals surface area contributed by atoms with Gasteiger partial charge in [0.1, 0.15) is 11.6 Å². The molecule has 1 atom stereocenters. The van der Waals surface area contributed by atoms with Gasteiger partial charge in [0.15, 0.2) is 0 Å². The number of rotatable bonds is 6. The van der Waals surface area contributed by atoms with Crippen LogP contribution in [0, 0.1) is 17.7 Å². The van der Waals surface area contributed by atoms with Crippen LogP contribution >= 0.6 is 0 Å². The minimum absolute atomic E-state index is 0.349. The predicted molar refractivity (Wildman–Crippen MR) is 77.5 cm³/mol. The van der Waals surface area contributed by atoms with Crippen molar-refractivity contribution in [3.05, 3.63) is 36.3 Å². The molecule has 4 nitrogen and oxygen atoms in total. The van der Waals surface area contributed by atoms with Crippen LogP contribution in [-0.2, 0) is 6.42 Å². The van der Waals surface area contributed by atoms with Crippen LogP contribution in [0.1, 0.15) is 26.1 Å². The van der Waals surface area contributed by atoms with Crippen LogP contribution in [0.25, 0.3) is 11.3 Å². The van der Waals surface area contributed by atoms with Gasteiger partial charge >= 0.3 is 0 Å². The molecule has 0 aromatic carbocycles. The molecule has 1 unspecified atom stereocenters. The largest absolute Gasteiger partial charge is 0.342 e. The summed E-state index contributed by atoms with van der Waals surface area (Å²) in [5.74, 6) is 1.57. The van der Waals surface area contributed by atoms with Crippen molar-refractivity contribution in [2.24, 2.45) is 17.6 Å². The number of halogens is 1. The first-order valence-electron chi connectivity index (χ1n) is 6.93. The van der Waals surface area contributed by atoms with Gasteiger partial charge in [-0.05, 0) is 30.9 Å². The SMILES string of the molecule is CC(C)CC(CN)Cc1ncc(-c2cncc(F)c2)[nH]1. The Balaban J connectivity index is 2.09. The van der Waals surface area contributed by atoms with Crippen molar-refractivity contribution in [2.45, 2.75) is 26.7 Å². The molecule has 0 fully saturated rings. The highest BCUT2D eigenvalue weighted by molar-refractivity contribution is 5.56. The number of pyridine rings is 1. The number of imidazole rings is 1. The standard InChI is InChI=1S/C15H21FN4/c1-10(2)3-11(6-17)4-15-19-9-14(20-15)12-5-13(16)8-18-7-12/h5,7-11H,3-4,6,17H2,1-2H3,(H,19,20). The van der Waals surface area contributed by atoms with Crippen molar-refractivity contribution in [1.29, 1.82) is 0 Å². The molecule has 2 aromatic rings. The van der Waals surface area contributed by atoms with Crippen molar-refractivity contribution in [3.63, 3.8) is 0 Å². The van der Waals surface area contributed by atoms with E-state index in [9.17, 15) is 4.39 Å². The summed E-state index contributed by atoms with van der Waals surface area (Å²) >= 11 is 0. The van der Waals surface area contributed by atoms with Gasteiger partial charge in [-0.25, -0.2) is 9.37 Å². The summed E-state index contributed by atoms with van der Waals surface area (Å²) < 4.78 is 13.2. The van der Waals surface area contributed by atoms with Crippen LogP contribution in [-0.4, -0.2) is 21.5 Å². The van der Waals surface area contributed by atoms with E-state index in [0.29, 0.717) is 23.9 Å². The molecule has 0 bridgehead atoms. The molecule has 0 saturated carbocycles. The lowest BCUT2D eigenvalue weighted by Gasteiger charge is -2.15. The predicted octanol–water partition coefficient (Wildman–Crippen LogP) is 2.77. The van der Waals surface area contributed by atoms with E-state index < -0.39 is 0 Å². The van der Waals surface area contributed by atoms with E-state index in [1.807, 2.05) is 0 Å². The van der Waals surface area contributed by atoms with Gasteiger partial charge in [0.2, 0.25) is 0 Å². The topological polar surface area (TPSA) is 67.6 Å². The molecule has 0 aliphatic rings. The van der Waals surface area contributed by atoms with Gasteiger partial charge in [-0.15, -0.1) is 0 Å². The van der Waals surface area contributed by atoms with Gasteiger partial charge < -0.3 is 10.7 Å². The number of H-pyrrole nitrogens is 1. The molecule has 2 aromatic heterocycles. The molecule has 2 heterocycles. The van der Waals surface area contributed by atoms with E-state index in [0.717, 1.165) is 24.4 Å². The maximum absolute atomic E-state index is 13.2. The molecule has 0 spiro atoms. The zero-order chi connectivity index (χ0) is 14.5. The lowest BCUT2D eigenvalue weighted by molar-refractivity contribution is 0.409. The Hall–Kier alpha value is -1.75. The van der Waals surface area contributed by atoms with Crippen molar-refractivity contribution in [1.82, 2.24) is 15.0 Å². The van der Waals surface area contributed by atoms with Crippen molar-refractivity contribution >= 4 is 0 Å². The molecule has 108 valence electrons. The molecule has 0 saturated heterocycles. The van der Waals surface area contributed by atoms with Crippen molar-refractivity contribution in [2.75, 3.05) is 6.54 Å². The molecule has 0 amide bonds. The normalized spacial score (nSPS) is 12.8. The zero-order valence-corrected chi connectivity index (χ0v) is 11.9. The van der Waals surface area contributed by atoms with Crippen LogP contribution in [0.15, 0.2) is 24.7 Å². The molecule has 20 heavy (non-hydrogen) atoms. The van der Waals surface area contributed by atoms with Gasteiger partial charge in [0.05, 0.1) is 18.1 Å². The first kappa shape index (κ1) is 14.7. The maximum Gasteiger partial charge on any atom is 0.142 e. The summed E-state index contributed by atoms with van der Waals surface area (Å²) in [5.41, 5.74) is 7.30. The smallest absolute Gasteiger partial charge is 0.142 e. The average Bonchev–Trinajstić information content (AvgIpc) is 2.86. The van der Waals surface area contributed by atoms with E-state index >= 15 is 0 Å². The lowest BCUT2D eigenvalue weighted by Crippen LogP contribution is -2.19. The third-order valence-electron chi connectivity index (χ3n) is 3.26. The Bertz CT molecular complexity index is 550. The fourth-order valence-corrected chi connectivity index (χ4v) is 2.38. The highest BCUT2D eigenvalue weighted by Gasteiger charge is 2.13. The van der Waals surface area contributed by atoms with Gasteiger partial charge in [-0.2, -0.15) is 0 Å². The molecular formula is C15H21FN4. The van der Waals surface area contributed by atoms with Gasteiger partial charge in [-0.3, -0.25) is 4.98 Å². The van der Waals surface area contributed by atoms with E-state index in [1.54, 1.807) is 12.4 Å². The molecule has 5 heteroatoms. The highest BCUT2D eigenvalue weighted by Crippen LogP contribution is 2.19. The van der Waals surface area contributed by atoms with Gasteiger partial charge in [0.25, 0.3) is 0 Å². The molecule has 0 aliphatic carbocycles. The molecule has 0 aliphatic heterocycles. The number of hydrogen-bond donors (Lipinski definition) is 2. The van der Waals surface area contributed by atoms with Crippen LogP contribution in [0.5, 0.6) is 0 Å². The fourth-order valence-electron chi connectivity index (χ4n) is 2.38.